The molecule has 0 saturated carbocycles. The molecule has 30 heavy (non-hydrogen) atoms. The number of hydrogen-bond acceptors (Lipinski definition) is 7. The topological polar surface area (TPSA) is 95.3 Å². The number of thiophene rings is 1. The maximum atomic E-state index is 13.1. The van der Waals surface area contributed by atoms with Gasteiger partial charge >= 0.3 is 0 Å². The summed E-state index contributed by atoms with van der Waals surface area (Å²) < 4.78 is 12.5. The highest BCUT2D eigenvalue weighted by Gasteiger charge is 2.19. The summed E-state index contributed by atoms with van der Waals surface area (Å²) in [6, 6.07) is 7.14. The number of carbonyl (C=O) groups excluding carboxylic acids is 1. The van der Waals surface area contributed by atoms with E-state index in [2.05, 4.69) is 15.3 Å². The van der Waals surface area contributed by atoms with Crippen LogP contribution in [0.25, 0.3) is 20.4 Å². The number of amides is 1. The monoisotopic (exact) mass is 422 g/mol. The molecule has 1 aromatic carbocycles. The van der Waals surface area contributed by atoms with Crippen molar-refractivity contribution in [2.24, 2.45) is 0 Å². The van der Waals surface area contributed by atoms with E-state index in [9.17, 15) is 9.59 Å². The van der Waals surface area contributed by atoms with Gasteiger partial charge in [-0.2, -0.15) is 0 Å². The van der Waals surface area contributed by atoms with E-state index in [1.54, 1.807) is 25.1 Å². The van der Waals surface area contributed by atoms with Crippen LogP contribution in [0.4, 0.5) is 5.69 Å². The van der Waals surface area contributed by atoms with Crippen molar-refractivity contribution in [3.63, 3.8) is 0 Å². The van der Waals surface area contributed by atoms with E-state index in [1.165, 1.54) is 15.9 Å². The SMILES string of the molecule is Cc1cc(C)c2c(n1)sc1c(=O)n(CC(=O)Nc3ccc4c(c3)OCO4)c(C)nc12. The minimum absolute atomic E-state index is 0.137. The van der Waals surface area contributed by atoms with E-state index in [4.69, 9.17) is 9.47 Å². The number of hydrogen-bond donors (Lipinski definition) is 1. The zero-order valence-electron chi connectivity index (χ0n) is 16.6. The van der Waals surface area contributed by atoms with Crippen LogP contribution in [0, 0.1) is 20.8 Å². The van der Waals surface area contributed by atoms with E-state index in [1.807, 2.05) is 19.9 Å². The second kappa shape index (κ2) is 6.81. The summed E-state index contributed by atoms with van der Waals surface area (Å²) in [4.78, 5) is 35.7. The molecule has 0 radical (unpaired) electrons. The van der Waals surface area contributed by atoms with Crippen molar-refractivity contribution >= 4 is 43.4 Å². The van der Waals surface area contributed by atoms with Gasteiger partial charge in [0.25, 0.3) is 5.56 Å². The summed E-state index contributed by atoms with van der Waals surface area (Å²) in [6.07, 6.45) is 0. The van der Waals surface area contributed by atoms with Crippen molar-refractivity contribution in [2.75, 3.05) is 12.1 Å². The molecule has 9 heteroatoms. The van der Waals surface area contributed by atoms with E-state index >= 15 is 0 Å². The fourth-order valence-corrected chi connectivity index (χ4v) is 4.86. The lowest BCUT2D eigenvalue weighted by Gasteiger charge is -2.10. The second-order valence-electron chi connectivity index (χ2n) is 7.21. The normalized spacial score (nSPS) is 12.6. The smallest absolute Gasteiger partial charge is 0.272 e. The molecule has 1 aliphatic rings. The molecule has 4 heterocycles. The molecule has 0 spiro atoms. The van der Waals surface area contributed by atoms with Crippen molar-refractivity contribution in [2.45, 2.75) is 27.3 Å². The Balaban J connectivity index is 1.49. The van der Waals surface area contributed by atoms with Gasteiger partial charge in [-0.05, 0) is 44.5 Å². The molecule has 3 aromatic heterocycles. The van der Waals surface area contributed by atoms with Crippen LogP contribution in [0.15, 0.2) is 29.1 Å². The van der Waals surface area contributed by atoms with Crippen molar-refractivity contribution < 1.29 is 14.3 Å². The van der Waals surface area contributed by atoms with E-state index < -0.39 is 0 Å². The molecule has 1 aliphatic heterocycles. The van der Waals surface area contributed by atoms with Crippen molar-refractivity contribution in [1.29, 1.82) is 0 Å². The minimum Gasteiger partial charge on any atom is -0.454 e. The summed E-state index contributed by atoms with van der Waals surface area (Å²) in [5.74, 6) is 1.37. The van der Waals surface area contributed by atoms with Gasteiger partial charge in [0.2, 0.25) is 12.7 Å². The van der Waals surface area contributed by atoms with Gasteiger partial charge in [-0.3, -0.25) is 14.2 Å². The Morgan fingerprint density at radius 3 is 2.80 bits per heavy atom. The summed E-state index contributed by atoms with van der Waals surface area (Å²) in [6.45, 7) is 5.67. The van der Waals surface area contributed by atoms with Crippen LogP contribution in [-0.2, 0) is 11.3 Å². The molecule has 0 saturated heterocycles. The molecule has 0 bridgehead atoms. The van der Waals surface area contributed by atoms with Gasteiger partial charge in [-0.15, -0.1) is 11.3 Å². The first-order valence-electron chi connectivity index (χ1n) is 9.38. The summed E-state index contributed by atoms with van der Waals surface area (Å²) in [5, 5.41) is 3.70. The third-order valence-electron chi connectivity index (χ3n) is 5.02. The average Bonchev–Trinajstić information content (AvgIpc) is 3.29. The van der Waals surface area contributed by atoms with E-state index in [-0.39, 0.29) is 24.8 Å². The van der Waals surface area contributed by atoms with Crippen molar-refractivity contribution in [3.8, 4) is 11.5 Å². The fraction of sp³-hybridized carbons (Fsp3) is 0.238. The van der Waals surface area contributed by atoms with Gasteiger partial charge in [0.15, 0.2) is 11.5 Å². The molecule has 0 atom stereocenters. The molecular weight excluding hydrogens is 404 g/mol. The van der Waals surface area contributed by atoms with Gasteiger partial charge in [0.05, 0.1) is 5.52 Å². The Morgan fingerprint density at radius 2 is 1.97 bits per heavy atom. The number of rotatable bonds is 3. The number of carbonyl (C=O) groups is 1. The number of pyridine rings is 1. The highest BCUT2D eigenvalue weighted by atomic mass is 32.1. The third-order valence-corrected chi connectivity index (χ3v) is 6.08. The number of fused-ring (bicyclic) bond motifs is 4. The fourth-order valence-electron chi connectivity index (χ4n) is 3.67. The van der Waals surface area contributed by atoms with Gasteiger partial charge in [0.1, 0.15) is 21.9 Å². The van der Waals surface area contributed by atoms with Crippen LogP contribution in [0.3, 0.4) is 0 Å². The first kappa shape index (κ1) is 18.6. The molecule has 1 amide bonds. The predicted molar refractivity (Wildman–Crippen MR) is 115 cm³/mol. The molecule has 4 aromatic rings. The number of aromatic nitrogens is 3. The lowest BCUT2D eigenvalue weighted by atomic mass is 10.1. The number of aryl methyl sites for hydroxylation is 3. The largest absolute Gasteiger partial charge is 0.454 e. The van der Waals surface area contributed by atoms with Crippen LogP contribution >= 0.6 is 11.3 Å². The number of nitrogens with zero attached hydrogens (tertiary/aromatic N) is 3. The quantitative estimate of drug-likeness (QED) is 0.544. The lowest BCUT2D eigenvalue weighted by molar-refractivity contribution is -0.116. The first-order chi connectivity index (χ1) is 14.4. The zero-order chi connectivity index (χ0) is 21.0. The highest BCUT2D eigenvalue weighted by Crippen LogP contribution is 2.34. The summed E-state index contributed by atoms with van der Waals surface area (Å²) >= 11 is 1.31. The van der Waals surface area contributed by atoms with Gasteiger partial charge in [-0.25, -0.2) is 9.97 Å². The number of anilines is 1. The number of ether oxygens (including phenoxy) is 2. The molecule has 0 fully saturated rings. The number of benzene rings is 1. The zero-order valence-corrected chi connectivity index (χ0v) is 17.4. The Labute approximate surface area is 175 Å². The van der Waals surface area contributed by atoms with Gasteiger partial charge in [-0.1, -0.05) is 0 Å². The Morgan fingerprint density at radius 1 is 1.17 bits per heavy atom. The third kappa shape index (κ3) is 2.98. The predicted octanol–water partition coefficient (Wildman–Crippen LogP) is 3.30. The Kier molecular flexibility index (Phi) is 4.21. The molecular formula is C21H18N4O4S. The lowest BCUT2D eigenvalue weighted by Crippen LogP contribution is -2.29. The van der Waals surface area contributed by atoms with E-state index in [0.717, 1.165) is 21.5 Å². The summed E-state index contributed by atoms with van der Waals surface area (Å²) in [7, 11) is 0. The van der Waals surface area contributed by atoms with Crippen LogP contribution in [-0.4, -0.2) is 27.2 Å². The molecule has 8 nitrogen and oxygen atoms in total. The maximum Gasteiger partial charge on any atom is 0.272 e. The molecule has 5 rings (SSSR count). The molecule has 152 valence electrons. The average molecular weight is 422 g/mol. The minimum atomic E-state index is -0.327. The van der Waals surface area contributed by atoms with Gasteiger partial charge < -0.3 is 14.8 Å². The first-order valence-corrected chi connectivity index (χ1v) is 10.2. The summed E-state index contributed by atoms with van der Waals surface area (Å²) in [5.41, 5.74) is 2.91. The van der Waals surface area contributed by atoms with Crippen molar-refractivity contribution in [1.82, 2.24) is 14.5 Å². The van der Waals surface area contributed by atoms with Crippen molar-refractivity contribution in [3.05, 3.63) is 51.7 Å². The van der Waals surface area contributed by atoms with E-state index in [0.29, 0.717) is 33.2 Å². The highest BCUT2D eigenvalue weighted by molar-refractivity contribution is 7.25. The number of nitrogens with one attached hydrogen (secondary N) is 1. The van der Waals surface area contributed by atoms with Crippen LogP contribution in [0.1, 0.15) is 17.1 Å². The standard InChI is InChI=1S/C21H18N4O4S/c1-10-6-11(2)22-20-17(10)18-19(30-20)21(27)25(12(3)23-18)8-16(26)24-13-4-5-14-15(7-13)29-9-28-14/h4-7H,8-9H2,1-3H3,(H,24,26). The molecule has 0 aliphatic carbocycles. The molecule has 1 N–H and O–H groups in total. The Bertz CT molecular complexity index is 1410. The van der Waals surface area contributed by atoms with Crippen LogP contribution in [0.2, 0.25) is 0 Å². The maximum absolute atomic E-state index is 13.1. The van der Waals surface area contributed by atoms with Crippen LogP contribution < -0.4 is 20.3 Å². The molecule has 0 unspecified atom stereocenters. The van der Waals surface area contributed by atoms with Crippen LogP contribution in [0.5, 0.6) is 11.5 Å². The second-order valence-corrected chi connectivity index (χ2v) is 8.21. The Hall–Kier alpha value is -3.46. The van der Waals surface area contributed by atoms with Gasteiger partial charge in [0, 0.05) is 22.8 Å².